The van der Waals surface area contributed by atoms with Crippen LogP contribution in [0.25, 0.3) is 0 Å². The third-order valence-corrected chi connectivity index (χ3v) is 5.46. The summed E-state index contributed by atoms with van der Waals surface area (Å²) in [7, 11) is 0. The molecule has 110 valence electrons. The second-order valence-electron chi connectivity index (χ2n) is 6.36. The maximum atomic E-state index is 12.3. The normalized spacial score (nSPS) is 40.4. The Hall–Kier alpha value is -2.36. The lowest BCUT2D eigenvalue weighted by Gasteiger charge is -2.57. The van der Waals surface area contributed by atoms with Gasteiger partial charge < -0.3 is 9.47 Å². The van der Waals surface area contributed by atoms with Crippen LogP contribution in [-0.4, -0.2) is 18.0 Å². The molecule has 0 N–H and O–H groups in total. The summed E-state index contributed by atoms with van der Waals surface area (Å²) >= 11 is 0. The number of fused-ring (bicyclic) bond motifs is 8. The topological polar surface area (TPSA) is 52.6 Å². The molecule has 2 fully saturated rings. The van der Waals surface area contributed by atoms with Crippen molar-refractivity contribution in [3.63, 3.8) is 0 Å². The number of rotatable bonds is 0. The molecule has 0 spiro atoms. The van der Waals surface area contributed by atoms with Gasteiger partial charge in [0.2, 0.25) is 0 Å². The Balaban J connectivity index is 1.63. The van der Waals surface area contributed by atoms with Crippen LogP contribution in [0.5, 0.6) is 5.75 Å². The number of ether oxygens (including phenoxy) is 2. The molecule has 1 saturated carbocycles. The van der Waals surface area contributed by atoms with Crippen LogP contribution >= 0.6 is 0 Å². The van der Waals surface area contributed by atoms with Crippen LogP contribution in [0.3, 0.4) is 0 Å². The molecule has 5 unspecified atom stereocenters. The van der Waals surface area contributed by atoms with Gasteiger partial charge in [-0.1, -0.05) is 36.4 Å². The van der Waals surface area contributed by atoms with Crippen molar-refractivity contribution in [2.75, 3.05) is 0 Å². The summed E-state index contributed by atoms with van der Waals surface area (Å²) < 4.78 is 10.9. The highest BCUT2D eigenvalue weighted by Gasteiger charge is 2.66. The van der Waals surface area contributed by atoms with Crippen LogP contribution in [0.1, 0.15) is 11.5 Å². The van der Waals surface area contributed by atoms with E-state index in [0.29, 0.717) is 5.75 Å². The van der Waals surface area contributed by atoms with Crippen molar-refractivity contribution in [2.24, 2.45) is 23.7 Å². The molecule has 6 atom stereocenters. The highest BCUT2D eigenvalue weighted by molar-refractivity contribution is 5.89. The Morgan fingerprint density at radius 2 is 1.68 bits per heavy atom. The maximum Gasteiger partial charge on any atom is 0.315 e. The second-order valence-corrected chi connectivity index (χ2v) is 6.36. The number of allylic oxidation sites excluding steroid dienone is 2. The molecule has 0 aromatic heterocycles. The first kappa shape index (κ1) is 12.2. The minimum absolute atomic E-state index is 0.0546. The van der Waals surface area contributed by atoms with Gasteiger partial charge in [0.05, 0.1) is 11.8 Å². The number of carbonyl (C=O) groups is 2. The zero-order valence-electron chi connectivity index (χ0n) is 11.7. The van der Waals surface area contributed by atoms with Crippen molar-refractivity contribution in [1.82, 2.24) is 0 Å². The third kappa shape index (κ3) is 1.37. The average Bonchev–Trinajstić information content (AvgIpc) is 2.49. The van der Waals surface area contributed by atoms with E-state index in [1.165, 1.54) is 0 Å². The molecule has 1 aromatic rings. The molecule has 2 aliphatic carbocycles. The number of carbonyl (C=O) groups excluding carboxylic acids is 2. The van der Waals surface area contributed by atoms with Gasteiger partial charge in [0.25, 0.3) is 0 Å². The average molecular weight is 294 g/mol. The van der Waals surface area contributed by atoms with Gasteiger partial charge in [-0.05, 0) is 23.6 Å². The van der Waals surface area contributed by atoms with E-state index in [1.807, 2.05) is 42.5 Å². The smallest absolute Gasteiger partial charge is 0.315 e. The first-order valence-corrected chi connectivity index (χ1v) is 7.62. The van der Waals surface area contributed by atoms with Crippen LogP contribution in [0, 0.1) is 23.7 Å². The Kier molecular flexibility index (Phi) is 2.27. The summed E-state index contributed by atoms with van der Waals surface area (Å²) in [6, 6.07) is 7.65. The zero-order chi connectivity index (χ0) is 14.8. The molecule has 2 aliphatic heterocycles. The van der Waals surface area contributed by atoms with Crippen molar-refractivity contribution in [2.45, 2.75) is 12.0 Å². The van der Waals surface area contributed by atoms with E-state index in [2.05, 4.69) is 6.08 Å². The highest BCUT2D eigenvalue weighted by Crippen LogP contribution is 2.62. The predicted octanol–water partition coefficient (Wildman–Crippen LogP) is 2.22. The Bertz CT molecular complexity index is 747. The van der Waals surface area contributed by atoms with Crippen molar-refractivity contribution in [1.29, 1.82) is 0 Å². The van der Waals surface area contributed by atoms with Gasteiger partial charge in [-0.15, -0.1) is 0 Å². The molecule has 22 heavy (non-hydrogen) atoms. The van der Waals surface area contributed by atoms with Crippen LogP contribution in [0.4, 0.5) is 0 Å². The number of esters is 2. The zero-order valence-corrected chi connectivity index (χ0v) is 11.7. The van der Waals surface area contributed by atoms with Crippen LogP contribution in [0.2, 0.25) is 0 Å². The number of hydrogen-bond acceptors (Lipinski definition) is 4. The monoisotopic (exact) mass is 294 g/mol. The summed E-state index contributed by atoms with van der Waals surface area (Å²) in [5, 5.41) is 0. The van der Waals surface area contributed by atoms with Crippen molar-refractivity contribution in [3.8, 4) is 5.75 Å². The molecule has 2 heterocycles. The molecular weight excluding hydrogens is 280 g/mol. The fraction of sp³-hybridized carbons (Fsp3) is 0.333. The quantitative estimate of drug-likeness (QED) is 0.544. The van der Waals surface area contributed by atoms with Crippen LogP contribution in [-0.2, 0) is 14.3 Å². The lowest BCUT2D eigenvalue weighted by molar-refractivity contribution is -0.195. The van der Waals surface area contributed by atoms with E-state index in [-0.39, 0.29) is 41.7 Å². The van der Waals surface area contributed by atoms with Gasteiger partial charge >= 0.3 is 11.9 Å². The summed E-state index contributed by atoms with van der Waals surface area (Å²) in [6.45, 7) is 0. The fourth-order valence-electron chi connectivity index (χ4n) is 4.56. The minimum Gasteiger partial charge on any atom is -0.457 e. The molecule has 4 aliphatic rings. The molecule has 5 rings (SSSR count). The Morgan fingerprint density at radius 1 is 0.864 bits per heavy atom. The first-order valence-electron chi connectivity index (χ1n) is 7.62. The number of para-hydroxylation sites is 1. The molecule has 0 amide bonds. The van der Waals surface area contributed by atoms with E-state index < -0.39 is 5.92 Å². The van der Waals surface area contributed by atoms with Gasteiger partial charge in [0.1, 0.15) is 11.9 Å². The fourth-order valence-corrected chi connectivity index (χ4v) is 4.56. The van der Waals surface area contributed by atoms with Crippen molar-refractivity contribution >= 4 is 11.9 Å². The first-order chi connectivity index (χ1) is 10.8. The summed E-state index contributed by atoms with van der Waals surface area (Å²) in [6.07, 6.45) is 7.74. The van der Waals surface area contributed by atoms with Gasteiger partial charge in [-0.3, -0.25) is 9.59 Å². The van der Waals surface area contributed by atoms with E-state index in [0.717, 1.165) is 5.56 Å². The van der Waals surface area contributed by atoms with Crippen molar-refractivity contribution < 1.29 is 19.1 Å². The van der Waals surface area contributed by atoms with E-state index in [9.17, 15) is 9.59 Å². The van der Waals surface area contributed by atoms with Crippen molar-refractivity contribution in [3.05, 3.63) is 54.1 Å². The summed E-state index contributed by atoms with van der Waals surface area (Å²) in [4.78, 5) is 24.7. The molecule has 1 saturated heterocycles. The Morgan fingerprint density at radius 3 is 2.59 bits per heavy atom. The van der Waals surface area contributed by atoms with Gasteiger partial charge in [0, 0.05) is 11.8 Å². The van der Waals surface area contributed by atoms with Gasteiger partial charge in [0.15, 0.2) is 0 Å². The Labute approximate surface area is 127 Å². The minimum atomic E-state index is -0.396. The van der Waals surface area contributed by atoms with Crippen LogP contribution in [0.15, 0.2) is 48.6 Å². The number of benzene rings is 1. The van der Waals surface area contributed by atoms with Crippen LogP contribution < -0.4 is 4.74 Å². The molecule has 0 bridgehead atoms. The SMILES string of the molecule is O=C1OC2C=CC=CC2C2C1C1C(=O)Oc3ccccc3[C@@H]12. The highest BCUT2D eigenvalue weighted by atomic mass is 16.6. The van der Waals surface area contributed by atoms with E-state index >= 15 is 0 Å². The lowest BCUT2D eigenvalue weighted by Crippen LogP contribution is -2.63. The van der Waals surface area contributed by atoms with E-state index in [4.69, 9.17) is 9.47 Å². The predicted molar refractivity (Wildman–Crippen MR) is 76.9 cm³/mol. The lowest BCUT2D eigenvalue weighted by atomic mass is 9.48. The molecule has 1 aromatic carbocycles. The molecule has 4 nitrogen and oxygen atoms in total. The van der Waals surface area contributed by atoms with Gasteiger partial charge in [-0.25, -0.2) is 0 Å². The van der Waals surface area contributed by atoms with Gasteiger partial charge in [-0.2, -0.15) is 0 Å². The standard InChI is InChI=1S/C18H14O4/c19-17-15-13(9-5-1-3-7-11(9)21-17)14-10-6-2-4-8-12(10)22-18(20)16(14)15/h1-9,11,13-16H/t9?,11?,13?,14-,15?,16?/m1/s1. The molecular formula is C18H14O4. The second kappa shape index (κ2) is 4.09. The summed E-state index contributed by atoms with van der Waals surface area (Å²) in [5.41, 5.74) is 1.05. The maximum absolute atomic E-state index is 12.3. The van der Waals surface area contributed by atoms with E-state index in [1.54, 1.807) is 0 Å². The molecule has 0 radical (unpaired) electrons. The number of hydrogen-bond donors (Lipinski definition) is 0. The largest absolute Gasteiger partial charge is 0.457 e. The third-order valence-electron chi connectivity index (χ3n) is 5.46. The molecule has 4 heteroatoms. The summed E-state index contributed by atoms with van der Waals surface area (Å²) in [5.74, 6) is -0.369.